The van der Waals surface area contributed by atoms with E-state index in [9.17, 15) is 9.90 Å². The third-order valence-electron chi connectivity index (χ3n) is 10.5. The number of aliphatic hydroxyl groups is 1. The fourth-order valence-electron chi connectivity index (χ4n) is 7.94. The molecule has 6 nitrogen and oxygen atoms in total. The molecule has 0 saturated heterocycles. The highest BCUT2D eigenvalue weighted by Gasteiger charge is 2.40. The van der Waals surface area contributed by atoms with Gasteiger partial charge in [-0.3, -0.25) is 19.7 Å². The lowest BCUT2D eigenvalue weighted by atomic mass is 9.96. The van der Waals surface area contributed by atoms with Crippen LogP contribution in [0.4, 0.5) is 5.69 Å². The zero-order valence-corrected chi connectivity index (χ0v) is 29.0. The van der Waals surface area contributed by atoms with Crippen LogP contribution in [0.3, 0.4) is 0 Å². The first-order chi connectivity index (χ1) is 26.6. The van der Waals surface area contributed by atoms with Crippen molar-refractivity contribution in [3.63, 3.8) is 0 Å². The molecule has 256 valence electrons. The minimum atomic E-state index is -1.18. The Kier molecular flexibility index (Phi) is 7.49. The van der Waals surface area contributed by atoms with Crippen molar-refractivity contribution in [2.75, 3.05) is 4.90 Å². The van der Waals surface area contributed by atoms with Gasteiger partial charge in [-0.2, -0.15) is 0 Å². The van der Waals surface area contributed by atoms with Crippen molar-refractivity contribution >= 4 is 33.4 Å². The number of fused-ring (bicyclic) bond motifs is 4. The molecule has 10 rings (SSSR count). The molecule has 0 radical (unpaired) electrons. The van der Waals surface area contributed by atoms with E-state index >= 15 is 0 Å². The zero-order valence-electron chi connectivity index (χ0n) is 29.0. The van der Waals surface area contributed by atoms with Gasteiger partial charge in [-0.25, -0.2) is 0 Å². The van der Waals surface area contributed by atoms with Crippen LogP contribution in [-0.2, 0) is 0 Å². The molecule has 0 aliphatic carbocycles. The van der Waals surface area contributed by atoms with Crippen LogP contribution in [0.5, 0.6) is 0 Å². The van der Waals surface area contributed by atoms with Crippen LogP contribution in [0.2, 0.25) is 0 Å². The summed E-state index contributed by atoms with van der Waals surface area (Å²) in [5.74, 6) is -0.255. The van der Waals surface area contributed by atoms with E-state index in [0.717, 1.165) is 72.0 Å². The van der Waals surface area contributed by atoms with Crippen LogP contribution >= 0.6 is 0 Å². The summed E-state index contributed by atoms with van der Waals surface area (Å²) in [7, 11) is 0. The summed E-state index contributed by atoms with van der Waals surface area (Å²) in [5, 5.41) is 14.2. The average molecular weight is 697 g/mol. The van der Waals surface area contributed by atoms with Crippen LogP contribution in [0.25, 0.3) is 72.0 Å². The number of benzene rings is 6. The van der Waals surface area contributed by atoms with Crippen molar-refractivity contribution < 1.29 is 9.90 Å². The van der Waals surface area contributed by atoms with Gasteiger partial charge in [0.1, 0.15) is 0 Å². The number of hydrogen-bond donors (Lipinski definition) is 1. The van der Waals surface area contributed by atoms with E-state index in [1.165, 1.54) is 0 Å². The molecule has 1 aliphatic rings. The number of aliphatic hydroxyl groups excluding tert-OH is 1. The molecular weight excluding hydrogens is 665 g/mol. The summed E-state index contributed by atoms with van der Waals surface area (Å²) in [6, 6.07) is 53.1. The zero-order chi connectivity index (χ0) is 36.2. The van der Waals surface area contributed by atoms with E-state index < -0.39 is 6.23 Å². The number of anilines is 1. The Hall–Kier alpha value is -7.15. The van der Waals surface area contributed by atoms with Gasteiger partial charge < -0.3 is 9.67 Å². The normalized spacial score (nSPS) is 13.8. The van der Waals surface area contributed by atoms with Crippen LogP contribution in [0.15, 0.2) is 183 Å². The molecular formula is C48H32N4O2. The second-order valence-corrected chi connectivity index (χ2v) is 13.5. The molecule has 6 heteroatoms. The third-order valence-corrected chi connectivity index (χ3v) is 10.5. The van der Waals surface area contributed by atoms with Gasteiger partial charge in [0.25, 0.3) is 5.91 Å². The molecule has 9 aromatic rings. The van der Waals surface area contributed by atoms with Crippen molar-refractivity contribution in [1.29, 1.82) is 0 Å². The number of pyridine rings is 2. The number of aromatic nitrogens is 3. The second kappa shape index (κ2) is 12.8. The Balaban J connectivity index is 1.16. The minimum Gasteiger partial charge on any atom is -0.369 e. The third kappa shape index (κ3) is 5.11. The molecule has 1 N–H and O–H groups in total. The van der Waals surface area contributed by atoms with Gasteiger partial charge in [-0.05, 0) is 106 Å². The summed E-state index contributed by atoms with van der Waals surface area (Å²) < 4.78 is 2.17. The monoisotopic (exact) mass is 696 g/mol. The first kappa shape index (κ1) is 31.6. The molecule has 0 spiro atoms. The van der Waals surface area contributed by atoms with Crippen molar-refractivity contribution in [3.8, 4) is 50.2 Å². The standard InChI is InChI=1S/C48H32N4O2/c53-47-38-12-7-13-45(46(38)48(54)52(47)42-17-14-35(31-8-3-1-4-9-31)28-39(42)34-10-5-2-6-11-34)51-43-18-15-36(32-20-24-49-25-21-32)29-40(43)41-30-37(16-19-44(41)51)33-22-26-50-27-23-33/h1-30,47,53H. The number of amides is 1. The molecule has 0 fully saturated rings. The van der Waals surface area contributed by atoms with Crippen molar-refractivity contribution in [2.24, 2.45) is 0 Å². The van der Waals surface area contributed by atoms with Gasteiger partial charge in [0, 0.05) is 46.7 Å². The highest BCUT2D eigenvalue weighted by molar-refractivity contribution is 6.17. The second-order valence-electron chi connectivity index (χ2n) is 13.5. The Bertz CT molecular complexity index is 2760. The van der Waals surface area contributed by atoms with Gasteiger partial charge >= 0.3 is 0 Å². The quantitative estimate of drug-likeness (QED) is 0.188. The summed E-state index contributed by atoms with van der Waals surface area (Å²) >= 11 is 0. The average Bonchev–Trinajstić information content (AvgIpc) is 3.71. The lowest BCUT2D eigenvalue weighted by molar-refractivity contribution is 0.0935. The van der Waals surface area contributed by atoms with E-state index in [4.69, 9.17) is 0 Å². The van der Waals surface area contributed by atoms with E-state index in [1.807, 2.05) is 103 Å². The Morgan fingerprint density at radius 1 is 0.463 bits per heavy atom. The smallest absolute Gasteiger partial charge is 0.263 e. The largest absolute Gasteiger partial charge is 0.369 e. The maximum atomic E-state index is 15.0. The first-order valence-corrected chi connectivity index (χ1v) is 17.9. The summed E-state index contributed by atoms with van der Waals surface area (Å²) in [6.07, 6.45) is 6.04. The molecule has 1 aliphatic heterocycles. The van der Waals surface area contributed by atoms with E-state index in [2.05, 4.69) is 69.1 Å². The molecule has 54 heavy (non-hydrogen) atoms. The molecule has 1 amide bonds. The van der Waals surface area contributed by atoms with Gasteiger partial charge in [-0.15, -0.1) is 0 Å². The highest BCUT2D eigenvalue weighted by atomic mass is 16.3. The first-order valence-electron chi connectivity index (χ1n) is 17.9. The molecule has 3 aromatic heterocycles. The summed E-state index contributed by atoms with van der Waals surface area (Å²) in [4.78, 5) is 24.9. The number of rotatable bonds is 6. The van der Waals surface area contributed by atoms with Crippen molar-refractivity contribution in [1.82, 2.24) is 14.5 Å². The topological polar surface area (TPSA) is 71.2 Å². The predicted molar refractivity (Wildman–Crippen MR) is 216 cm³/mol. The Morgan fingerprint density at radius 2 is 0.981 bits per heavy atom. The van der Waals surface area contributed by atoms with Gasteiger partial charge in [0.2, 0.25) is 0 Å². The van der Waals surface area contributed by atoms with Crippen LogP contribution in [0.1, 0.15) is 22.1 Å². The van der Waals surface area contributed by atoms with Crippen LogP contribution in [-0.4, -0.2) is 25.5 Å². The predicted octanol–water partition coefficient (Wildman–Crippen LogP) is 10.9. The van der Waals surface area contributed by atoms with Crippen LogP contribution in [0, 0.1) is 0 Å². The van der Waals surface area contributed by atoms with E-state index in [1.54, 1.807) is 29.7 Å². The maximum Gasteiger partial charge on any atom is 0.263 e. The number of nitrogens with zero attached hydrogens (tertiary/aromatic N) is 4. The molecule has 1 unspecified atom stereocenters. The lowest BCUT2D eigenvalue weighted by Crippen LogP contribution is -2.28. The van der Waals surface area contributed by atoms with Crippen molar-refractivity contribution in [3.05, 3.63) is 194 Å². The Morgan fingerprint density at radius 3 is 1.57 bits per heavy atom. The van der Waals surface area contributed by atoms with Gasteiger partial charge in [0.05, 0.1) is 28.0 Å². The van der Waals surface area contributed by atoms with Crippen LogP contribution < -0.4 is 4.90 Å². The lowest BCUT2D eigenvalue weighted by Gasteiger charge is -2.25. The molecule has 6 aromatic carbocycles. The molecule has 4 heterocycles. The summed E-state index contributed by atoms with van der Waals surface area (Å²) in [6.45, 7) is 0. The maximum absolute atomic E-state index is 15.0. The Labute approximate surface area is 311 Å². The number of carbonyl (C=O) groups is 1. The summed E-state index contributed by atoms with van der Waals surface area (Å²) in [5.41, 5.74) is 12.5. The van der Waals surface area contributed by atoms with E-state index in [-0.39, 0.29) is 5.91 Å². The SMILES string of the molecule is O=C1c2c(cccc2-n2c3ccc(-c4ccncc4)cc3c3cc(-c4ccncc4)ccc32)C(O)N1c1ccc(-c2ccccc2)cc1-c1ccccc1. The fraction of sp³-hybridized carbons (Fsp3) is 0.0208. The van der Waals surface area contributed by atoms with Gasteiger partial charge in [-0.1, -0.05) is 91.0 Å². The molecule has 1 atom stereocenters. The number of carbonyl (C=O) groups excluding carboxylic acids is 1. The molecule has 0 bridgehead atoms. The van der Waals surface area contributed by atoms with E-state index in [0.29, 0.717) is 16.8 Å². The van der Waals surface area contributed by atoms with Gasteiger partial charge in [0.15, 0.2) is 6.23 Å². The molecule has 0 saturated carbocycles. The van der Waals surface area contributed by atoms with Crippen molar-refractivity contribution in [2.45, 2.75) is 6.23 Å². The highest BCUT2D eigenvalue weighted by Crippen LogP contribution is 2.45. The fourth-order valence-corrected chi connectivity index (χ4v) is 7.94. The minimum absolute atomic E-state index is 0.255. The number of hydrogen-bond acceptors (Lipinski definition) is 4.